The Morgan fingerprint density at radius 2 is 1.81 bits per heavy atom. The summed E-state index contributed by atoms with van der Waals surface area (Å²) in [6.45, 7) is 5.09. The summed E-state index contributed by atoms with van der Waals surface area (Å²) >= 11 is 3.30. The maximum atomic E-state index is 12.0. The Hall–Kier alpha value is -0.550. The van der Waals surface area contributed by atoms with Crippen molar-refractivity contribution in [3.8, 4) is 0 Å². The van der Waals surface area contributed by atoms with Crippen LogP contribution in [0.3, 0.4) is 0 Å². The van der Waals surface area contributed by atoms with Gasteiger partial charge in [0, 0.05) is 10.2 Å². The van der Waals surface area contributed by atoms with Crippen LogP contribution in [0.2, 0.25) is 0 Å². The van der Waals surface area contributed by atoms with E-state index in [1.807, 2.05) is 0 Å². The van der Waals surface area contributed by atoms with Gasteiger partial charge in [-0.3, -0.25) is 0 Å². The van der Waals surface area contributed by atoms with Crippen molar-refractivity contribution in [3.63, 3.8) is 0 Å². The fourth-order valence-electron chi connectivity index (χ4n) is 1.19. The van der Waals surface area contributed by atoms with Gasteiger partial charge in [-0.05, 0) is 44.5 Å². The molecule has 0 atom stereocenters. The maximum absolute atomic E-state index is 12.0. The molecule has 0 aliphatic rings. The summed E-state index contributed by atoms with van der Waals surface area (Å²) in [6, 6.07) is 5.21. The molecule has 1 aromatic rings. The SMILES string of the molecule is CC(C)(C)S(=O)(=O)Cc1cc(N)cc(Br)c1. The van der Waals surface area contributed by atoms with Gasteiger partial charge in [-0.15, -0.1) is 0 Å². The zero-order valence-corrected chi connectivity index (χ0v) is 12.0. The fourth-order valence-corrected chi connectivity index (χ4v) is 2.79. The van der Waals surface area contributed by atoms with Gasteiger partial charge in [0.15, 0.2) is 9.84 Å². The van der Waals surface area contributed by atoms with Crippen LogP contribution in [0.25, 0.3) is 0 Å². The van der Waals surface area contributed by atoms with Crippen molar-refractivity contribution in [1.29, 1.82) is 0 Å². The van der Waals surface area contributed by atoms with E-state index in [1.54, 1.807) is 39.0 Å². The molecule has 0 saturated carbocycles. The predicted molar refractivity (Wildman–Crippen MR) is 70.9 cm³/mol. The summed E-state index contributed by atoms with van der Waals surface area (Å²) in [5, 5.41) is 0. The van der Waals surface area contributed by atoms with Crippen molar-refractivity contribution >= 4 is 31.5 Å². The van der Waals surface area contributed by atoms with Gasteiger partial charge < -0.3 is 5.73 Å². The number of anilines is 1. The normalized spacial score (nSPS) is 12.8. The molecule has 16 heavy (non-hydrogen) atoms. The summed E-state index contributed by atoms with van der Waals surface area (Å²) in [4.78, 5) is 0. The van der Waals surface area contributed by atoms with E-state index in [9.17, 15) is 8.42 Å². The zero-order valence-electron chi connectivity index (χ0n) is 9.62. The highest BCUT2D eigenvalue weighted by molar-refractivity contribution is 9.10. The van der Waals surface area contributed by atoms with Crippen LogP contribution in [-0.4, -0.2) is 13.2 Å². The number of rotatable bonds is 2. The number of halogens is 1. The van der Waals surface area contributed by atoms with Gasteiger partial charge in [-0.1, -0.05) is 15.9 Å². The lowest BCUT2D eigenvalue weighted by Crippen LogP contribution is -2.29. The van der Waals surface area contributed by atoms with Crippen LogP contribution in [0.4, 0.5) is 5.69 Å². The monoisotopic (exact) mass is 305 g/mol. The first-order valence-electron chi connectivity index (χ1n) is 4.89. The fraction of sp³-hybridized carbons (Fsp3) is 0.455. The lowest BCUT2D eigenvalue weighted by Gasteiger charge is -2.19. The first-order valence-corrected chi connectivity index (χ1v) is 7.33. The maximum Gasteiger partial charge on any atom is 0.159 e. The number of sulfone groups is 1. The molecule has 1 aromatic carbocycles. The summed E-state index contributed by atoms with van der Waals surface area (Å²) < 4.78 is 24.0. The third-order valence-electron chi connectivity index (χ3n) is 2.27. The standard InChI is InChI=1S/C11H16BrNO2S/c1-11(2,3)16(14,15)7-8-4-9(12)6-10(13)5-8/h4-6H,7,13H2,1-3H3. The molecule has 0 aliphatic carbocycles. The van der Waals surface area contributed by atoms with Crippen LogP contribution in [0.1, 0.15) is 26.3 Å². The van der Waals surface area contributed by atoms with Crippen molar-refractivity contribution < 1.29 is 8.42 Å². The van der Waals surface area contributed by atoms with E-state index in [-0.39, 0.29) is 5.75 Å². The summed E-state index contributed by atoms with van der Waals surface area (Å²) in [5.74, 6) is 0.0140. The summed E-state index contributed by atoms with van der Waals surface area (Å²) in [6.07, 6.45) is 0. The van der Waals surface area contributed by atoms with Crippen molar-refractivity contribution in [2.45, 2.75) is 31.3 Å². The van der Waals surface area contributed by atoms with E-state index in [1.165, 1.54) is 0 Å². The molecule has 0 unspecified atom stereocenters. The number of benzene rings is 1. The molecular weight excluding hydrogens is 290 g/mol. The highest BCUT2D eigenvalue weighted by atomic mass is 79.9. The number of nitrogen functional groups attached to an aromatic ring is 1. The molecule has 0 heterocycles. The minimum atomic E-state index is -3.16. The molecule has 0 amide bonds. The Balaban J connectivity index is 3.07. The molecule has 0 fully saturated rings. The summed E-state index contributed by atoms with van der Waals surface area (Å²) in [7, 11) is -3.16. The first-order chi connectivity index (χ1) is 7.12. The molecular formula is C11H16BrNO2S. The van der Waals surface area contributed by atoms with Gasteiger partial charge in [0.25, 0.3) is 0 Å². The quantitative estimate of drug-likeness (QED) is 0.855. The van der Waals surface area contributed by atoms with Crippen molar-refractivity contribution in [1.82, 2.24) is 0 Å². The van der Waals surface area contributed by atoms with Gasteiger partial charge in [-0.2, -0.15) is 0 Å². The van der Waals surface area contributed by atoms with Crippen molar-refractivity contribution in [3.05, 3.63) is 28.2 Å². The van der Waals surface area contributed by atoms with Crippen LogP contribution < -0.4 is 5.73 Å². The Kier molecular flexibility index (Phi) is 3.69. The van der Waals surface area contributed by atoms with E-state index in [0.29, 0.717) is 11.3 Å². The van der Waals surface area contributed by atoms with Gasteiger partial charge in [0.05, 0.1) is 10.5 Å². The van der Waals surface area contributed by atoms with E-state index in [2.05, 4.69) is 15.9 Å². The van der Waals surface area contributed by atoms with Crippen LogP contribution in [-0.2, 0) is 15.6 Å². The minimum Gasteiger partial charge on any atom is -0.399 e. The van der Waals surface area contributed by atoms with E-state index >= 15 is 0 Å². The molecule has 5 heteroatoms. The number of hydrogen-bond acceptors (Lipinski definition) is 3. The second-order valence-electron chi connectivity index (χ2n) is 4.76. The van der Waals surface area contributed by atoms with Crippen LogP contribution in [0, 0.1) is 0 Å². The van der Waals surface area contributed by atoms with E-state index in [0.717, 1.165) is 4.47 Å². The second kappa shape index (κ2) is 4.37. The molecule has 0 aromatic heterocycles. The van der Waals surface area contributed by atoms with Crippen LogP contribution in [0.5, 0.6) is 0 Å². The average molecular weight is 306 g/mol. The highest BCUT2D eigenvalue weighted by Gasteiger charge is 2.29. The zero-order chi connectivity index (χ0) is 12.6. The van der Waals surface area contributed by atoms with Gasteiger partial charge >= 0.3 is 0 Å². The Morgan fingerprint density at radius 1 is 1.25 bits per heavy atom. The van der Waals surface area contributed by atoms with Crippen molar-refractivity contribution in [2.24, 2.45) is 0 Å². The Labute approximate surface area is 105 Å². The topological polar surface area (TPSA) is 60.2 Å². The molecule has 0 bridgehead atoms. The third-order valence-corrected chi connectivity index (χ3v) is 5.31. The van der Waals surface area contributed by atoms with Crippen molar-refractivity contribution in [2.75, 3.05) is 5.73 Å². The number of nitrogens with two attached hydrogens (primary N) is 1. The third kappa shape index (κ3) is 3.22. The molecule has 3 nitrogen and oxygen atoms in total. The molecule has 0 spiro atoms. The predicted octanol–water partition coefficient (Wildman–Crippen LogP) is 2.74. The molecule has 0 saturated heterocycles. The largest absolute Gasteiger partial charge is 0.399 e. The molecule has 90 valence electrons. The lowest BCUT2D eigenvalue weighted by molar-refractivity contribution is 0.559. The van der Waals surface area contributed by atoms with Crippen LogP contribution in [0.15, 0.2) is 22.7 Å². The molecule has 1 rings (SSSR count). The molecule has 2 N–H and O–H groups in total. The average Bonchev–Trinajstić information content (AvgIpc) is 1.97. The van der Waals surface area contributed by atoms with Gasteiger partial charge in [0.2, 0.25) is 0 Å². The summed E-state index contributed by atoms with van der Waals surface area (Å²) in [5.41, 5.74) is 6.94. The number of hydrogen-bond donors (Lipinski definition) is 1. The Morgan fingerprint density at radius 3 is 2.25 bits per heavy atom. The lowest BCUT2D eigenvalue weighted by atomic mass is 10.2. The second-order valence-corrected chi connectivity index (χ2v) is 8.42. The highest BCUT2D eigenvalue weighted by Crippen LogP contribution is 2.24. The van der Waals surface area contributed by atoms with E-state index < -0.39 is 14.6 Å². The first kappa shape index (κ1) is 13.5. The smallest absolute Gasteiger partial charge is 0.159 e. The van der Waals surface area contributed by atoms with Crippen LogP contribution >= 0.6 is 15.9 Å². The van der Waals surface area contributed by atoms with Gasteiger partial charge in [-0.25, -0.2) is 8.42 Å². The Bertz CT molecular complexity index is 469. The minimum absolute atomic E-state index is 0.0140. The van der Waals surface area contributed by atoms with Gasteiger partial charge in [0.1, 0.15) is 0 Å². The van der Waals surface area contributed by atoms with E-state index in [4.69, 9.17) is 5.73 Å². The molecule has 0 aliphatic heterocycles. The molecule has 0 radical (unpaired) electrons.